The van der Waals surface area contributed by atoms with Crippen molar-refractivity contribution >= 4 is 26.5 Å². The molecule has 5 nitrogen and oxygen atoms in total. The number of halogens is 1. The van der Waals surface area contributed by atoms with Gasteiger partial charge < -0.3 is 0 Å². The van der Waals surface area contributed by atoms with E-state index in [0.29, 0.717) is 0 Å². The number of aromatic amines is 1. The van der Waals surface area contributed by atoms with E-state index in [1.807, 2.05) is 0 Å². The van der Waals surface area contributed by atoms with Crippen molar-refractivity contribution in [3.05, 3.63) is 6.20 Å². The summed E-state index contributed by atoms with van der Waals surface area (Å²) in [5.74, 6) is 0. The second-order valence-corrected chi connectivity index (χ2v) is 6.07. The molecule has 0 spiro atoms. The number of nitrogens with one attached hydrogen (secondary N) is 1. The average Bonchev–Trinajstić information content (AvgIpc) is 2.08. The van der Waals surface area contributed by atoms with E-state index < -0.39 is 11.8 Å². The Balaban J connectivity index is 3.20. The van der Waals surface area contributed by atoms with Crippen molar-refractivity contribution in [3.63, 3.8) is 0 Å². The maximum absolute atomic E-state index is 10.4. The Labute approximate surface area is 56.3 Å². The molecule has 0 aliphatic carbocycles. The molecule has 0 radical (unpaired) electrons. The number of hydrogen-bond acceptors (Lipinski definition) is 4. The Bertz CT molecular complexity index is 277. The minimum atomic E-state index is -4.38. The van der Waals surface area contributed by atoms with E-state index in [2.05, 4.69) is 15.4 Å². The second-order valence-electron chi connectivity index (χ2n) is 1.25. The summed E-state index contributed by atoms with van der Waals surface area (Å²) in [5.41, 5.74) is 0. The summed E-state index contributed by atoms with van der Waals surface area (Å²) in [4.78, 5) is 0. The monoisotopic (exact) mass is 215 g/mol. The van der Waals surface area contributed by atoms with Gasteiger partial charge in [0.15, 0.2) is 0 Å². The van der Waals surface area contributed by atoms with Crippen LogP contribution in [0.15, 0.2) is 6.20 Å². The molecule has 1 aromatic rings. The molecule has 50 valence electrons. The summed E-state index contributed by atoms with van der Waals surface area (Å²) >= 11 is -4.38. The van der Waals surface area contributed by atoms with Gasteiger partial charge in [-0.1, -0.05) is 0 Å². The van der Waals surface area contributed by atoms with Crippen molar-refractivity contribution < 1.29 is 7.67 Å². The van der Waals surface area contributed by atoms with Gasteiger partial charge in [0.05, 0.1) is 0 Å². The zero-order valence-corrected chi connectivity index (χ0v) is 6.54. The van der Waals surface area contributed by atoms with E-state index >= 15 is 0 Å². The first-order valence-corrected chi connectivity index (χ1v) is 6.42. The van der Waals surface area contributed by atoms with Gasteiger partial charge in [-0.2, -0.15) is 0 Å². The number of rotatable bonds is 1. The van der Waals surface area contributed by atoms with Crippen LogP contribution in [0.3, 0.4) is 0 Å². The quantitative estimate of drug-likeness (QED) is 0.612. The molecule has 0 atom stereocenters. The average molecular weight is 214 g/mol. The third-order valence-corrected chi connectivity index (χ3v) is 2.93. The molecular formula is C2H2ClN3O2Se. The SMILES string of the molecule is O=[Se](=O)(Cl)c1cn[nH]n1. The molecule has 0 aromatic carbocycles. The van der Waals surface area contributed by atoms with Crippen LogP contribution in [-0.4, -0.2) is 27.2 Å². The van der Waals surface area contributed by atoms with Crippen LogP contribution in [0.5, 0.6) is 0 Å². The van der Waals surface area contributed by atoms with E-state index in [-0.39, 0.29) is 4.59 Å². The molecule has 0 saturated heterocycles. The van der Waals surface area contributed by atoms with Crippen LogP contribution in [0.1, 0.15) is 0 Å². The third-order valence-electron chi connectivity index (χ3n) is 0.643. The molecule has 0 unspecified atom stereocenters. The number of H-pyrrole nitrogens is 1. The van der Waals surface area contributed by atoms with Gasteiger partial charge in [0.25, 0.3) is 0 Å². The molecule has 0 fully saturated rings. The van der Waals surface area contributed by atoms with Gasteiger partial charge in [0, 0.05) is 0 Å². The zero-order valence-electron chi connectivity index (χ0n) is 4.07. The number of aromatic nitrogens is 3. The van der Waals surface area contributed by atoms with E-state index in [1.54, 1.807) is 0 Å². The molecule has 1 rings (SSSR count). The molecule has 0 saturated carbocycles. The minimum absolute atomic E-state index is 0.187. The fourth-order valence-corrected chi connectivity index (χ4v) is 1.38. The Morgan fingerprint density at radius 2 is 2.33 bits per heavy atom. The number of hydrogen-bond donors (Lipinski definition) is 1. The van der Waals surface area contributed by atoms with Crippen LogP contribution in [0.4, 0.5) is 0 Å². The normalized spacial score (nSPS) is 11.7. The fourth-order valence-electron chi connectivity index (χ4n) is 0.309. The van der Waals surface area contributed by atoms with Crippen molar-refractivity contribution in [2.24, 2.45) is 0 Å². The van der Waals surface area contributed by atoms with Crippen LogP contribution < -0.4 is 4.59 Å². The van der Waals surface area contributed by atoms with Crippen molar-refractivity contribution in [2.45, 2.75) is 0 Å². The first-order chi connectivity index (χ1) is 4.11. The number of nitrogens with zero attached hydrogens (tertiary/aromatic N) is 2. The van der Waals surface area contributed by atoms with Crippen LogP contribution in [0, 0.1) is 0 Å². The maximum atomic E-state index is 10.4. The van der Waals surface area contributed by atoms with Crippen LogP contribution in [0.25, 0.3) is 0 Å². The topological polar surface area (TPSA) is 75.7 Å². The first kappa shape index (κ1) is 6.67. The van der Waals surface area contributed by atoms with Crippen LogP contribution in [-0.2, 0) is 7.67 Å². The molecule has 0 aliphatic rings. The van der Waals surface area contributed by atoms with Crippen molar-refractivity contribution in [1.82, 2.24) is 15.4 Å². The van der Waals surface area contributed by atoms with E-state index in [9.17, 15) is 7.67 Å². The zero-order chi connectivity index (χ0) is 6.91. The molecule has 0 amide bonds. The Hall–Kier alpha value is -0.451. The summed E-state index contributed by atoms with van der Waals surface area (Å²) in [6.07, 6.45) is 1.06. The Morgan fingerprint density at radius 3 is 2.56 bits per heavy atom. The standard InChI is InChI=1S/C2H2ClN3O2Se/c3-9(7,8)2-1-4-6-5-2/h1H,(H,4,5,6). The van der Waals surface area contributed by atoms with Crippen LogP contribution >= 0.6 is 10.1 Å². The molecule has 0 aliphatic heterocycles. The van der Waals surface area contributed by atoms with Gasteiger partial charge >= 0.3 is 55.8 Å². The predicted molar refractivity (Wildman–Crippen MR) is 29.0 cm³/mol. The molecule has 1 N–H and O–H groups in total. The van der Waals surface area contributed by atoms with Crippen LogP contribution in [0.2, 0.25) is 0 Å². The second kappa shape index (κ2) is 2.06. The van der Waals surface area contributed by atoms with Gasteiger partial charge in [-0.05, 0) is 0 Å². The van der Waals surface area contributed by atoms with Crippen molar-refractivity contribution in [2.75, 3.05) is 0 Å². The van der Waals surface area contributed by atoms with Gasteiger partial charge in [0.2, 0.25) is 0 Å². The molecule has 1 heterocycles. The van der Waals surface area contributed by atoms with E-state index in [1.165, 1.54) is 0 Å². The predicted octanol–water partition coefficient (Wildman–Crippen LogP) is -0.950. The van der Waals surface area contributed by atoms with E-state index in [0.717, 1.165) is 6.20 Å². The summed E-state index contributed by atoms with van der Waals surface area (Å²) in [6, 6.07) is 0. The summed E-state index contributed by atoms with van der Waals surface area (Å²) < 4.78 is 20.6. The molecular weight excluding hydrogens is 212 g/mol. The molecule has 7 heteroatoms. The van der Waals surface area contributed by atoms with Crippen molar-refractivity contribution in [3.8, 4) is 0 Å². The van der Waals surface area contributed by atoms with Gasteiger partial charge in [-0.25, -0.2) is 0 Å². The first-order valence-electron chi connectivity index (χ1n) is 1.91. The van der Waals surface area contributed by atoms with Gasteiger partial charge in [-0.3, -0.25) is 0 Å². The summed E-state index contributed by atoms with van der Waals surface area (Å²) in [7, 11) is 4.92. The Morgan fingerprint density at radius 1 is 1.67 bits per heavy atom. The molecule has 1 aromatic heterocycles. The third kappa shape index (κ3) is 1.48. The van der Waals surface area contributed by atoms with E-state index in [4.69, 9.17) is 10.1 Å². The molecule has 9 heavy (non-hydrogen) atoms. The summed E-state index contributed by atoms with van der Waals surface area (Å²) in [5, 5.41) is 8.66. The van der Waals surface area contributed by atoms with Gasteiger partial charge in [0.1, 0.15) is 0 Å². The summed E-state index contributed by atoms with van der Waals surface area (Å²) in [6.45, 7) is 0. The van der Waals surface area contributed by atoms with Crippen molar-refractivity contribution in [1.29, 1.82) is 0 Å². The fraction of sp³-hybridized carbons (Fsp3) is 0. The Kier molecular flexibility index (Phi) is 1.52. The molecule has 0 bridgehead atoms. The van der Waals surface area contributed by atoms with Gasteiger partial charge in [-0.15, -0.1) is 0 Å².